The second-order valence-corrected chi connectivity index (χ2v) is 3.57. The molecule has 15 heavy (non-hydrogen) atoms. The minimum absolute atomic E-state index is 0.173. The van der Waals surface area contributed by atoms with Crippen molar-refractivity contribution < 1.29 is 4.74 Å². The Morgan fingerprint density at radius 3 is 3.07 bits per heavy atom. The van der Waals surface area contributed by atoms with Gasteiger partial charge in [0.1, 0.15) is 5.75 Å². The molecule has 0 unspecified atom stereocenters. The molecule has 5 heteroatoms. The first-order chi connectivity index (χ1) is 7.27. The summed E-state index contributed by atoms with van der Waals surface area (Å²) in [6.07, 6.45) is 0.757. The molecule has 0 atom stereocenters. The quantitative estimate of drug-likeness (QED) is 0.549. The maximum atomic E-state index is 5.49. The third-order valence-corrected chi connectivity index (χ3v) is 2.19. The van der Waals surface area contributed by atoms with E-state index in [1.807, 2.05) is 24.3 Å². The second kappa shape index (κ2) is 4.27. The zero-order chi connectivity index (χ0) is 10.7. The van der Waals surface area contributed by atoms with Crippen LogP contribution >= 0.6 is 12.2 Å². The standard InChI is InChI=1S/C10H11N3OS/c11-10(15)13-12-8-5-6-14-9-4-2-1-3-7(8)9/h1-4H,5-6H2,(H3,11,13,15)/b12-8+. The number of nitrogens with one attached hydrogen (secondary N) is 1. The van der Waals surface area contributed by atoms with Crippen LogP contribution in [0.4, 0.5) is 0 Å². The third kappa shape index (κ3) is 2.24. The molecule has 2 rings (SSSR count). The highest BCUT2D eigenvalue weighted by atomic mass is 32.1. The molecule has 1 aromatic carbocycles. The van der Waals surface area contributed by atoms with Gasteiger partial charge in [-0.1, -0.05) is 12.1 Å². The van der Waals surface area contributed by atoms with Crippen molar-refractivity contribution in [3.63, 3.8) is 0 Å². The fourth-order valence-corrected chi connectivity index (χ4v) is 1.51. The number of hydrogen-bond acceptors (Lipinski definition) is 3. The Hall–Kier alpha value is -1.62. The average molecular weight is 221 g/mol. The van der Waals surface area contributed by atoms with Crippen LogP contribution in [0.2, 0.25) is 0 Å². The number of hydrogen-bond donors (Lipinski definition) is 2. The van der Waals surface area contributed by atoms with Crippen LogP contribution in [0.25, 0.3) is 0 Å². The second-order valence-electron chi connectivity index (χ2n) is 3.13. The van der Waals surface area contributed by atoms with Crippen molar-refractivity contribution in [2.45, 2.75) is 6.42 Å². The molecule has 0 radical (unpaired) electrons. The molecule has 0 aliphatic carbocycles. The van der Waals surface area contributed by atoms with Crippen LogP contribution in [0, 0.1) is 0 Å². The van der Waals surface area contributed by atoms with Gasteiger partial charge in [-0.25, -0.2) is 0 Å². The molecule has 1 heterocycles. The first-order valence-corrected chi connectivity index (χ1v) is 5.02. The minimum Gasteiger partial charge on any atom is -0.492 e. The van der Waals surface area contributed by atoms with Gasteiger partial charge >= 0.3 is 0 Å². The number of rotatable bonds is 1. The summed E-state index contributed by atoms with van der Waals surface area (Å²) in [6, 6.07) is 7.77. The van der Waals surface area contributed by atoms with Gasteiger partial charge in [0.25, 0.3) is 0 Å². The van der Waals surface area contributed by atoms with Crippen LogP contribution in [0.5, 0.6) is 5.75 Å². The fourth-order valence-electron chi connectivity index (χ4n) is 1.46. The number of ether oxygens (including phenoxy) is 1. The van der Waals surface area contributed by atoms with E-state index < -0.39 is 0 Å². The Balaban J connectivity index is 2.29. The molecule has 0 amide bonds. The lowest BCUT2D eigenvalue weighted by atomic mass is 10.0. The van der Waals surface area contributed by atoms with Crippen LogP contribution in [-0.2, 0) is 0 Å². The lowest BCUT2D eigenvalue weighted by Gasteiger charge is -2.18. The van der Waals surface area contributed by atoms with Crippen molar-refractivity contribution in [1.29, 1.82) is 0 Å². The van der Waals surface area contributed by atoms with E-state index in [0.29, 0.717) is 6.61 Å². The van der Waals surface area contributed by atoms with Crippen molar-refractivity contribution in [2.75, 3.05) is 6.61 Å². The molecule has 78 valence electrons. The predicted molar refractivity (Wildman–Crippen MR) is 63.0 cm³/mol. The predicted octanol–water partition coefficient (Wildman–Crippen LogP) is 1.01. The molecule has 0 aromatic heterocycles. The van der Waals surface area contributed by atoms with Crippen molar-refractivity contribution >= 4 is 23.0 Å². The summed E-state index contributed by atoms with van der Waals surface area (Å²) in [7, 11) is 0. The third-order valence-electron chi connectivity index (χ3n) is 2.10. The van der Waals surface area contributed by atoms with Crippen LogP contribution in [0.15, 0.2) is 29.4 Å². The maximum Gasteiger partial charge on any atom is 0.184 e. The monoisotopic (exact) mass is 221 g/mol. The van der Waals surface area contributed by atoms with E-state index in [0.717, 1.165) is 23.4 Å². The van der Waals surface area contributed by atoms with Gasteiger partial charge in [0, 0.05) is 12.0 Å². The lowest BCUT2D eigenvalue weighted by Crippen LogP contribution is -2.27. The van der Waals surface area contributed by atoms with E-state index >= 15 is 0 Å². The Labute approximate surface area is 93.1 Å². The van der Waals surface area contributed by atoms with Crippen molar-refractivity contribution in [3.05, 3.63) is 29.8 Å². The normalized spacial score (nSPS) is 16.7. The van der Waals surface area contributed by atoms with Gasteiger partial charge < -0.3 is 10.5 Å². The lowest BCUT2D eigenvalue weighted by molar-refractivity contribution is 0.320. The van der Waals surface area contributed by atoms with Crippen LogP contribution in [-0.4, -0.2) is 17.4 Å². The largest absolute Gasteiger partial charge is 0.492 e. The van der Waals surface area contributed by atoms with Crippen LogP contribution in [0.1, 0.15) is 12.0 Å². The highest BCUT2D eigenvalue weighted by Gasteiger charge is 2.15. The van der Waals surface area contributed by atoms with E-state index in [1.165, 1.54) is 0 Å². The highest BCUT2D eigenvalue weighted by molar-refractivity contribution is 7.80. The van der Waals surface area contributed by atoms with Gasteiger partial charge in [0.2, 0.25) is 0 Å². The van der Waals surface area contributed by atoms with E-state index in [2.05, 4.69) is 10.5 Å². The summed E-state index contributed by atoms with van der Waals surface area (Å²) in [6.45, 7) is 0.634. The van der Waals surface area contributed by atoms with Gasteiger partial charge in [-0.15, -0.1) is 0 Å². The van der Waals surface area contributed by atoms with E-state index in [1.54, 1.807) is 0 Å². The topological polar surface area (TPSA) is 59.6 Å². The number of benzene rings is 1. The van der Waals surface area contributed by atoms with Crippen molar-refractivity contribution in [1.82, 2.24) is 5.43 Å². The number of fused-ring (bicyclic) bond motifs is 1. The summed E-state index contributed by atoms with van der Waals surface area (Å²) in [5.41, 5.74) is 9.82. The molecule has 1 aliphatic rings. The van der Waals surface area contributed by atoms with Crippen LogP contribution < -0.4 is 15.9 Å². The molecular formula is C10H11N3OS. The van der Waals surface area contributed by atoms with Gasteiger partial charge in [0.05, 0.1) is 12.3 Å². The molecule has 0 fully saturated rings. The SMILES string of the molecule is NC(=S)N/N=C1\CCOc2ccccc21. The summed E-state index contributed by atoms with van der Waals surface area (Å²) in [4.78, 5) is 0. The van der Waals surface area contributed by atoms with E-state index in [-0.39, 0.29) is 5.11 Å². The molecule has 0 spiro atoms. The number of thiocarbonyl (C=S) groups is 1. The number of nitrogens with two attached hydrogens (primary N) is 1. The number of para-hydroxylation sites is 1. The summed E-state index contributed by atoms with van der Waals surface area (Å²) >= 11 is 4.69. The molecule has 0 saturated carbocycles. The first kappa shape index (κ1) is 9.92. The van der Waals surface area contributed by atoms with Crippen LogP contribution in [0.3, 0.4) is 0 Å². The van der Waals surface area contributed by atoms with Crippen molar-refractivity contribution in [3.8, 4) is 5.75 Å². The molecule has 4 nitrogen and oxygen atoms in total. The fraction of sp³-hybridized carbons (Fsp3) is 0.200. The highest BCUT2D eigenvalue weighted by Crippen LogP contribution is 2.23. The van der Waals surface area contributed by atoms with Gasteiger partial charge in [-0.05, 0) is 24.4 Å². The Morgan fingerprint density at radius 1 is 1.47 bits per heavy atom. The molecule has 0 bridgehead atoms. The van der Waals surface area contributed by atoms with Crippen molar-refractivity contribution in [2.24, 2.45) is 10.8 Å². The first-order valence-electron chi connectivity index (χ1n) is 4.61. The van der Waals surface area contributed by atoms with Gasteiger partial charge in [-0.2, -0.15) is 5.10 Å². The summed E-state index contributed by atoms with van der Waals surface area (Å²) in [5, 5.41) is 4.32. The molecular weight excluding hydrogens is 210 g/mol. The Morgan fingerprint density at radius 2 is 2.27 bits per heavy atom. The number of nitrogens with zero attached hydrogens (tertiary/aromatic N) is 1. The maximum absolute atomic E-state index is 5.49. The summed E-state index contributed by atoms with van der Waals surface area (Å²) in [5.74, 6) is 0.854. The molecule has 1 aromatic rings. The molecule has 0 saturated heterocycles. The van der Waals surface area contributed by atoms with E-state index in [4.69, 9.17) is 22.7 Å². The Kier molecular flexibility index (Phi) is 2.82. The summed E-state index contributed by atoms with van der Waals surface area (Å²) < 4.78 is 5.49. The van der Waals surface area contributed by atoms with Gasteiger partial charge in [0.15, 0.2) is 5.11 Å². The average Bonchev–Trinajstić information content (AvgIpc) is 2.26. The van der Waals surface area contributed by atoms with E-state index in [9.17, 15) is 0 Å². The molecule has 3 N–H and O–H groups in total. The number of hydrazone groups is 1. The zero-order valence-electron chi connectivity index (χ0n) is 8.06. The van der Waals surface area contributed by atoms with Gasteiger partial charge in [-0.3, -0.25) is 5.43 Å². The Bertz CT molecular complexity index is 417. The smallest absolute Gasteiger partial charge is 0.184 e. The zero-order valence-corrected chi connectivity index (χ0v) is 8.88. The minimum atomic E-state index is 0.173. The molecule has 1 aliphatic heterocycles.